The first kappa shape index (κ1) is 13.9. The Morgan fingerprint density at radius 3 is 2.80 bits per heavy atom. The summed E-state index contributed by atoms with van der Waals surface area (Å²) in [6.45, 7) is 6.25. The van der Waals surface area contributed by atoms with Crippen LogP contribution in [0.2, 0.25) is 0 Å². The molecular weight excluding hydrogens is 248 g/mol. The van der Waals surface area contributed by atoms with Gasteiger partial charge in [0.05, 0.1) is 6.67 Å². The van der Waals surface area contributed by atoms with Crippen molar-refractivity contribution < 1.29 is 0 Å². The normalized spacial score (nSPS) is 21.6. The summed E-state index contributed by atoms with van der Waals surface area (Å²) in [5, 5.41) is 3.57. The van der Waals surface area contributed by atoms with Gasteiger partial charge in [0.15, 0.2) is 0 Å². The van der Waals surface area contributed by atoms with Gasteiger partial charge in [0, 0.05) is 44.5 Å². The number of benzene rings is 1. The van der Waals surface area contributed by atoms with Gasteiger partial charge < -0.3 is 15.5 Å². The second-order valence-electron chi connectivity index (χ2n) is 5.87. The van der Waals surface area contributed by atoms with Crippen LogP contribution in [0.25, 0.3) is 0 Å². The van der Waals surface area contributed by atoms with Crippen LogP contribution in [-0.2, 0) is 6.42 Å². The van der Waals surface area contributed by atoms with E-state index in [0.29, 0.717) is 6.04 Å². The van der Waals surface area contributed by atoms with Crippen molar-refractivity contribution in [3.05, 3.63) is 29.8 Å². The van der Waals surface area contributed by atoms with E-state index in [2.05, 4.69) is 39.4 Å². The lowest BCUT2D eigenvalue weighted by atomic mass is 10.0. The minimum atomic E-state index is 0.663. The number of piperidine rings is 1. The van der Waals surface area contributed by atoms with Gasteiger partial charge in [-0.05, 0) is 30.9 Å². The van der Waals surface area contributed by atoms with Crippen molar-refractivity contribution in [2.75, 3.05) is 44.3 Å². The number of anilines is 1. The van der Waals surface area contributed by atoms with E-state index in [9.17, 15) is 0 Å². The summed E-state index contributed by atoms with van der Waals surface area (Å²) >= 11 is 0. The SMILES string of the molecule is NCCN1CCC(N2CNCCc3ccccc32)CC1. The molecule has 3 N–H and O–H groups in total. The van der Waals surface area contributed by atoms with Gasteiger partial charge in [-0.3, -0.25) is 5.32 Å². The minimum Gasteiger partial charge on any atom is -0.355 e. The summed E-state index contributed by atoms with van der Waals surface area (Å²) in [4.78, 5) is 5.08. The van der Waals surface area contributed by atoms with Crippen LogP contribution < -0.4 is 16.0 Å². The second-order valence-corrected chi connectivity index (χ2v) is 5.87. The Balaban J connectivity index is 1.71. The van der Waals surface area contributed by atoms with Gasteiger partial charge in [-0.15, -0.1) is 0 Å². The number of hydrogen-bond acceptors (Lipinski definition) is 4. The Morgan fingerprint density at radius 2 is 2.00 bits per heavy atom. The van der Waals surface area contributed by atoms with Crippen molar-refractivity contribution in [1.82, 2.24) is 10.2 Å². The Bertz CT molecular complexity index is 426. The predicted octanol–water partition coefficient (Wildman–Crippen LogP) is 1.02. The van der Waals surface area contributed by atoms with Gasteiger partial charge in [-0.1, -0.05) is 18.2 Å². The van der Waals surface area contributed by atoms with Crippen molar-refractivity contribution >= 4 is 5.69 Å². The molecule has 1 aromatic rings. The highest BCUT2D eigenvalue weighted by Crippen LogP contribution is 2.27. The van der Waals surface area contributed by atoms with Gasteiger partial charge in [0.1, 0.15) is 0 Å². The largest absolute Gasteiger partial charge is 0.355 e. The third-order valence-corrected chi connectivity index (χ3v) is 4.60. The Kier molecular flexibility index (Phi) is 4.55. The lowest BCUT2D eigenvalue weighted by Crippen LogP contribution is -2.48. The van der Waals surface area contributed by atoms with E-state index in [4.69, 9.17) is 5.73 Å². The van der Waals surface area contributed by atoms with Gasteiger partial charge in [0.25, 0.3) is 0 Å². The fourth-order valence-electron chi connectivity index (χ4n) is 3.47. The number of likely N-dealkylation sites (tertiary alicyclic amines) is 1. The number of fused-ring (bicyclic) bond motifs is 1. The van der Waals surface area contributed by atoms with Crippen LogP contribution in [0.3, 0.4) is 0 Å². The molecule has 2 heterocycles. The summed E-state index contributed by atoms with van der Waals surface area (Å²) < 4.78 is 0. The van der Waals surface area contributed by atoms with Crippen molar-refractivity contribution in [2.24, 2.45) is 5.73 Å². The van der Waals surface area contributed by atoms with Crippen LogP contribution in [0.15, 0.2) is 24.3 Å². The van der Waals surface area contributed by atoms with Crippen LogP contribution in [0.1, 0.15) is 18.4 Å². The molecule has 1 aromatic carbocycles. The smallest absolute Gasteiger partial charge is 0.0685 e. The van der Waals surface area contributed by atoms with Crippen LogP contribution in [0, 0.1) is 0 Å². The molecule has 0 saturated carbocycles. The fraction of sp³-hybridized carbons (Fsp3) is 0.625. The molecule has 2 aliphatic heterocycles. The molecule has 0 aromatic heterocycles. The maximum atomic E-state index is 5.66. The third kappa shape index (κ3) is 2.97. The third-order valence-electron chi connectivity index (χ3n) is 4.60. The first-order valence-electron chi connectivity index (χ1n) is 7.86. The van der Waals surface area contributed by atoms with E-state index in [0.717, 1.165) is 32.7 Å². The molecule has 0 spiro atoms. The van der Waals surface area contributed by atoms with Gasteiger partial charge in [-0.2, -0.15) is 0 Å². The molecule has 20 heavy (non-hydrogen) atoms. The number of rotatable bonds is 3. The molecule has 110 valence electrons. The molecule has 4 nitrogen and oxygen atoms in total. The van der Waals surface area contributed by atoms with Crippen molar-refractivity contribution in [1.29, 1.82) is 0 Å². The topological polar surface area (TPSA) is 44.5 Å². The Hall–Kier alpha value is -1.10. The van der Waals surface area contributed by atoms with Crippen molar-refractivity contribution in [2.45, 2.75) is 25.3 Å². The van der Waals surface area contributed by atoms with E-state index < -0.39 is 0 Å². The van der Waals surface area contributed by atoms with Crippen LogP contribution in [0.5, 0.6) is 0 Å². The van der Waals surface area contributed by atoms with E-state index in [1.165, 1.54) is 37.2 Å². The molecule has 0 bridgehead atoms. The lowest BCUT2D eigenvalue weighted by Gasteiger charge is -2.39. The summed E-state index contributed by atoms with van der Waals surface area (Å²) in [7, 11) is 0. The highest BCUT2D eigenvalue weighted by atomic mass is 15.3. The highest BCUT2D eigenvalue weighted by molar-refractivity contribution is 5.55. The maximum Gasteiger partial charge on any atom is 0.0685 e. The van der Waals surface area contributed by atoms with Crippen LogP contribution in [-0.4, -0.2) is 50.3 Å². The number of nitrogens with one attached hydrogen (secondary N) is 1. The molecular formula is C16H26N4. The molecule has 0 radical (unpaired) electrons. The zero-order valence-electron chi connectivity index (χ0n) is 12.2. The van der Waals surface area contributed by atoms with E-state index in [1.54, 1.807) is 0 Å². The number of hydrogen-bond donors (Lipinski definition) is 2. The van der Waals surface area contributed by atoms with Gasteiger partial charge in [0.2, 0.25) is 0 Å². The van der Waals surface area contributed by atoms with Gasteiger partial charge in [-0.25, -0.2) is 0 Å². The first-order valence-corrected chi connectivity index (χ1v) is 7.86. The molecule has 2 aliphatic rings. The lowest BCUT2D eigenvalue weighted by molar-refractivity contribution is 0.213. The molecule has 0 amide bonds. The predicted molar refractivity (Wildman–Crippen MR) is 84.0 cm³/mol. The molecule has 3 rings (SSSR count). The van der Waals surface area contributed by atoms with Crippen molar-refractivity contribution in [3.8, 4) is 0 Å². The molecule has 0 unspecified atom stereocenters. The molecule has 4 heteroatoms. The monoisotopic (exact) mass is 274 g/mol. The molecule has 1 fully saturated rings. The second kappa shape index (κ2) is 6.57. The Morgan fingerprint density at radius 1 is 1.20 bits per heavy atom. The zero-order valence-corrected chi connectivity index (χ0v) is 12.2. The zero-order chi connectivity index (χ0) is 13.8. The van der Waals surface area contributed by atoms with Gasteiger partial charge >= 0.3 is 0 Å². The number of para-hydroxylation sites is 1. The average molecular weight is 274 g/mol. The summed E-state index contributed by atoms with van der Waals surface area (Å²) in [6.07, 6.45) is 3.63. The molecule has 0 aliphatic carbocycles. The number of nitrogens with two attached hydrogens (primary N) is 1. The van der Waals surface area contributed by atoms with E-state index in [1.807, 2.05) is 0 Å². The fourth-order valence-corrected chi connectivity index (χ4v) is 3.47. The van der Waals surface area contributed by atoms with E-state index in [-0.39, 0.29) is 0 Å². The van der Waals surface area contributed by atoms with E-state index >= 15 is 0 Å². The highest BCUT2D eigenvalue weighted by Gasteiger charge is 2.26. The minimum absolute atomic E-state index is 0.663. The summed E-state index contributed by atoms with van der Waals surface area (Å²) in [5.41, 5.74) is 8.59. The summed E-state index contributed by atoms with van der Waals surface area (Å²) in [6, 6.07) is 9.55. The average Bonchev–Trinajstić information content (AvgIpc) is 2.71. The molecule has 1 saturated heterocycles. The summed E-state index contributed by atoms with van der Waals surface area (Å²) in [5.74, 6) is 0. The quantitative estimate of drug-likeness (QED) is 0.864. The van der Waals surface area contributed by atoms with Crippen molar-refractivity contribution in [3.63, 3.8) is 0 Å². The number of nitrogens with zero attached hydrogens (tertiary/aromatic N) is 2. The standard InChI is InChI=1S/C16H26N4/c17-8-12-19-10-6-15(7-11-19)20-13-18-9-5-14-3-1-2-4-16(14)20/h1-4,15,18H,5-13,17H2. The first-order chi connectivity index (χ1) is 9.88. The maximum absolute atomic E-state index is 5.66. The molecule has 0 atom stereocenters. The Labute approximate surface area is 121 Å². The van der Waals surface area contributed by atoms with Crippen LogP contribution >= 0.6 is 0 Å². The van der Waals surface area contributed by atoms with Crippen LogP contribution in [0.4, 0.5) is 5.69 Å².